The Morgan fingerprint density at radius 3 is 2.65 bits per heavy atom. The third kappa shape index (κ3) is 4.62. The molecule has 5 rings (SSSR count). The van der Waals surface area contributed by atoms with Crippen LogP contribution in [0.3, 0.4) is 0 Å². The van der Waals surface area contributed by atoms with E-state index in [1.54, 1.807) is 18.2 Å². The van der Waals surface area contributed by atoms with Crippen molar-refractivity contribution < 1.29 is 14.3 Å². The molecule has 2 aliphatic carbocycles. The molecule has 2 saturated carbocycles. The predicted molar refractivity (Wildman–Crippen MR) is 127 cm³/mol. The zero-order chi connectivity index (χ0) is 23.7. The fraction of sp³-hybridized carbons (Fsp3) is 0.520. The number of nitrogens with one attached hydrogen (secondary N) is 1. The Balaban J connectivity index is 1.20. The molecule has 2 bridgehead atoms. The maximum absolute atomic E-state index is 12.5. The van der Waals surface area contributed by atoms with Gasteiger partial charge in [-0.05, 0) is 69.1 Å². The van der Waals surface area contributed by atoms with Crippen molar-refractivity contribution in [2.45, 2.75) is 45.1 Å². The molecule has 0 radical (unpaired) electrons. The van der Waals surface area contributed by atoms with E-state index in [1.807, 2.05) is 11.8 Å². The number of ether oxygens (including phenoxy) is 2. The van der Waals surface area contributed by atoms with Gasteiger partial charge in [-0.2, -0.15) is 5.26 Å². The molecule has 9 heteroatoms. The largest absolute Gasteiger partial charge is 0.477 e. The van der Waals surface area contributed by atoms with Gasteiger partial charge in [0.05, 0.1) is 34.5 Å². The molecule has 1 aromatic heterocycles. The van der Waals surface area contributed by atoms with Crippen molar-refractivity contribution in [1.29, 1.82) is 5.26 Å². The minimum Gasteiger partial charge on any atom is -0.477 e. The summed E-state index contributed by atoms with van der Waals surface area (Å²) in [6, 6.07) is 7.14. The van der Waals surface area contributed by atoms with Crippen LogP contribution in [0.5, 0.6) is 5.88 Å². The molecule has 3 aliphatic rings. The van der Waals surface area contributed by atoms with Gasteiger partial charge < -0.3 is 19.7 Å². The molecule has 8 nitrogen and oxygen atoms in total. The molecule has 1 saturated heterocycles. The number of carbonyl (C=O) groups excluding carboxylic acids is 1. The summed E-state index contributed by atoms with van der Waals surface area (Å²) in [6.07, 6.45) is 6.81. The van der Waals surface area contributed by atoms with Crippen molar-refractivity contribution in [3.05, 3.63) is 40.7 Å². The molecular weight excluding hydrogens is 454 g/mol. The smallest absolute Gasteiger partial charge is 0.410 e. The first-order chi connectivity index (χ1) is 16.5. The van der Waals surface area contributed by atoms with Crippen LogP contribution < -0.4 is 10.1 Å². The van der Waals surface area contributed by atoms with E-state index in [0.29, 0.717) is 52.3 Å². The van der Waals surface area contributed by atoms with Gasteiger partial charge in [0.25, 0.3) is 0 Å². The summed E-state index contributed by atoms with van der Waals surface area (Å²) >= 11 is 6.30. The molecule has 2 unspecified atom stereocenters. The van der Waals surface area contributed by atoms with Crippen LogP contribution in [0, 0.1) is 36.0 Å². The first-order valence-corrected chi connectivity index (χ1v) is 12.3. The molecule has 3 fully saturated rings. The predicted octanol–water partition coefficient (Wildman–Crippen LogP) is 5.08. The quantitative estimate of drug-likeness (QED) is 0.613. The number of hydrogen-bond acceptors (Lipinski definition) is 7. The van der Waals surface area contributed by atoms with Gasteiger partial charge in [0.15, 0.2) is 0 Å². The fourth-order valence-corrected chi connectivity index (χ4v) is 5.38. The molecule has 0 spiro atoms. The number of aromatic nitrogens is 2. The van der Waals surface area contributed by atoms with Crippen LogP contribution in [0.15, 0.2) is 24.5 Å². The summed E-state index contributed by atoms with van der Waals surface area (Å²) in [5, 5.41) is 12.7. The Labute approximate surface area is 204 Å². The third-order valence-electron chi connectivity index (χ3n) is 7.41. The Bertz CT molecular complexity index is 1100. The summed E-state index contributed by atoms with van der Waals surface area (Å²) in [6.45, 7) is 3.95. The maximum atomic E-state index is 12.5. The van der Waals surface area contributed by atoms with E-state index >= 15 is 0 Å². The lowest BCUT2D eigenvalue weighted by molar-refractivity contribution is 0.00565. The maximum Gasteiger partial charge on any atom is 0.410 e. The Kier molecular flexibility index (Phi) is 6.46. The minimum absolute atomic E-state index is 0.119. The lowest BCUT2D eigenvalue weighted by atomic mass is 9.86. The van der Waals surface area contributed by atoms with E-state index < -0.39 is 0 Å². The molecule has 2 aromatic rings. The number of likely N-dealkylation sites (tertiary alicyclic amines) is 1. The van der Waals surface area contributed by atoms with E-state index in [1.165, 1.54) is 6.33 Å². The monoisotopic (exact) mass is 481 g/mol. The minimum atomic E-state index is -0.148. The average Bonchev–Trinajstić information content (AvgIpc) is 3.04. The molecule has 1 N–H and O–H groups in total. The number of anilines is 2. The number of carbonyl (C=O) groups is 1. The van der Waals surface area contributed by atoms with Crippen molar-refractivity contribution in [2.75, 3.05) is 25.0 Å². The number of rotatable bonds is 6. The van der Waals surface area contributed by atoms with E-state index in [-0.39, 0.29) is 12.2 Å². The molecule has 178 valence electrons. The molecule has 1 aliphatic heterocycles. The molecule has 2 heterocycles. The van der Waals surface area contributed by atoms with Crippen LogP contribution in [0.4, 0.5) is 16.3 Å². The first kappa shape index (κ1) is 22.7. The van der Waals surface area contributed by atoms with Crippen molar-refractivity contribution in [3.63, 3.8) is 0 Å². The van der Waals surface area contributed by atoms with Gasteiger partial charge in [-0.3, -0.25) is 0 Å². The lowest BCUT2D eigenvalue weighted by Crippen LogP contribution is -2.47. The van der Waals surface area contributed by atoms with Crippen molar-refractivity contribution >= 4 is 29.2 Å². The van der Waals surface area contributed by atoms with Gasteiger partial charge >= 0.3 is 6.09 Å². The Morgan fingerprint density at radius 1 is 1.24 bits per heavy atom. The van der Waals surface area contributed by atoms with Gasteiger partial charge in [0, 0.05) is 19.0 Å². The van der Waals surface area contributed by atoms with Gasteiger partial charge in [-0.15, -0.1) is 0 Å². The van der Waals surface area contributed by atoms with E-state index in [9.17, 15) is 4.79 Å². The van der Waals surface area contributed by atoms with Gasteiger partial charge in [0.1, 0.15) is 18.2 Å². The summed E-state index contributed by atoms with van der Waals surface area (Å²) in [4.78, 5) is 23.1. The highest BCUT2D eigenvalue weighted by atomic mass is 35.5. The third-order valence-corrected chi connectivity index (χ3v) is 7.72. The van der Waals surface area contributed by atoms with Gasteiger partial charge in [-0.1, -0.05) is 11.6 Å². The van der Waals surface area contributed by atoms with Gasteiger partial charge in [-0.25, -0.2) is 14.8 Å². The second-order valence-corrected chi connectivity index (χ2v) is 9.91. The zero-order valence-corrected chi connectivity index (χ0v) is 19.9. The second-order valence-electron chi connectivity index (χ2n) is 9.50. The van der Waals surface area contributed by atoms with E-state index in [4.69, 9.17) is 26.3 Å². The molecular formula is C25H28ClN5O3. The summed E-state index contributed by atoms with van der Waals surface area (Å²) < 4.78 is 11.8. The number of piperidine rings is 1. The highest BCUT2D eigenvalue weighted by molar-refractivity contribution is 6.33. The molecule has 1 amide bonds. The van der Waals surface area contributed by atoms with Crippen LogP contribution in [-0.2, 0) is 4.74 Å². The van der Waals surface area contributed by atoms with Crippen LogP contribution in [0.2, 0.25) is 5.02 Å². The van der Waals surface area contributed by atoms with Crippen LogP contribution >= 0.6 is 11.6 Å². The summed E-state index contributed by atoms with van der Waals surface area (Å²) in [5.41, 5.74) is 1.94. The second kappa shape index (κ2) is 9.67. The molecule has 34 heavy (non-hydrogen) atoms. The first-order valence-electron chi connectivity index (χ1n) is 11.9. The number of fused-ring (bicyclic) bond motifs is 2. The Hall–Kier alpha value is -3.05. The standard InChI is InChI=1S/C25H28ClN5O3/c1-15-23(30-22-8-5-16(10-27)9-21(22)26)28-14-29-24(15)33-13-20-17-6-7-18(20)12-31(11-17)25(32)34-19-3-2-4-19/h5,8-9,14,17-20H,2-4,6-7,11-13H2,1H3,(H,28,29,30). The topological polar surface area (TPSA) is 100 Å². The van der Waals surface area contributed by atoms with Gasteiger partial charge in [0.2, 0.25) is 5.88 Å². The number of halogens is 1. The average molecular weight is 482 g/mol. The van der Waals surface area contributed by atoms with Crippen molar-refractivity contribution in [3.8, 4) is 11.9 Å². The zero-order valence-electron chi connectivity index (χ0n) is 19.2. The number of amides is 1. The SMILES string of the molecule is Cc1c(Nc2ccc(C#N)cc2Cl)ncnc1OCC1C2CCC1CN(C(=O)OC1CCC1)C2. The lowest BCUT2D eigenvalue weighted by Gasteiger charge is -2.38. The van der Waals surface area contributed by atoms with Crippen LogP contribution in [0.1, 0.15) is 43.2 Å². The van der Waals surface area contributed by atoms with E-state index in [2.05, 4.69) is 21.4 Å². The van der Waals surface area contributed by atoms with E-state index in [0.717, 1.165) is 50.8 Å². The summed E-state index contributed by atoms with van der Waals surface area (Å²) in [7, 11) is 0. The highest BCUT2D eigenvalue weighted by Crippen LogP contribution is 2.42. The molecule has 2 atom stereocenters. The normalized spacial score (nSPS) is 23.7. The number of benzene rings is 1. The number of hydrogen-bond donors (Lipinski definition) is 1. The summed E-state index contributed by atoms with van der Waals surface area (Å²) in [5.74, 6) is 2.38. The fourth-order valence-electron chi connectivity index (χ4n) is 5.16. The highest BCUT2D eigenvalue weighted by Gasteiger charge is 2.44. The molecule has 1 aromatic carbocycles. The number of nitrogens with zero attached hydrogens (tertiary/aromatic N) is 4. The van der Waals surface area contributed by atoms with Crippen LogP contribution in [-0.4, -0.2) is 46.8 Å². The van der Waals surface area contributed by atoms with Crippen LogP contribution in [0.25, 0.3) is 0 Å². The Morgan fingerprint density at radius 2 is 2.00 bits per heavy atom. The van der Waals surface area contributed by atoms with Crippen molar-refractivity contribution in [2.24, 2.45) is 17.8 Å². The van der Waals surface area contributed by atoms with Crippen molar-refractivity contribution in [1.82, 2.24) is 14.9 Å². The number of nitriles is 1.